The molecule has 1 heterocycles. The monoisotopic (exact) mass is 381 g/mol. The molecule has 1 N–H and O–H groups in total. The molecule has 3 rings (SSSR count). The van der Waals surface area contributed by atoms with E-state index in [-0.39, 0.29) is 11.2 Å². The van der Waals surface area contributed by atoms with Crippen molar-refractivity contribution >= 4 is 50.9 Å². The van der Waals surface area contributed by atoms with Crippen LogP contribution >= 0.6 is 39.3 Å². The largest absolute Gasteiger partial charge is 0.324 e. The Morgan fingerprint density at radius 2 is 2.14 bits per heavy atom. The Morgan fingerprint density at radius 3 is 2.90 bits per heavy atom. The molecule has 1 unspecified atom stereocenters. The first kappa shape index (κ1) is 14.9. The summed E-state index contributed by atoms with van der Waals surface area (Å²) in [5.41, 5.74) is 2.93. The van der Waals surface area contributed by atoms with Gasteiger partial charge in [0.15, 0.2) is 0 Å². The number of thioether (sulfide) groups is 1. The van der Waals surface area contributed by atoms with Crippen molar-refractivity contribution in [1.82, 2.24) is 0 Å². The van der Waals surface area contributed by atoms with Crippen molar-refractivity contribution in [2.24, 2.45) is 0 Å². The normalized spacial score (nSPS) is 16.6. The predicted molar refractivity (Wildman–Crippen MR) is 92.3 cm³/mol. The van der Waals surface area contributed by atoms with Gasteiger partial charge in [0, 0.05) is 14.4 Å². The lowest BCUT2D eigenvalue weighted by Crippen LogP contribution is -2.24. The van der Waals surface area contributed by atoms with E-state index in [1.807, 2.05) is 25.1 Å². The van der Waals surface area contributed by atoms with Crippen LogP contribution in [0, 0.1) is 6.92 Å². The molecule has 1 aliphatic rings. The maximum absolute atomic E-state index is 12.4. The van der Waals surface area contributed by atoms with Gasteiger partial charge in [0.05, 0.1) is 10.9 Å². The molecule has 0 bridgehead atoms. The van der Waals surface area contributed by atoms with Crippen molar-refractivity contribution < 1.29 is 4.79 Å². The second-order valence-corrected chi connectivity index (χ2v) is 7.49. The number of halogens is 2. The molecule has 2 aromatic rings. The fourth-order valence-electron chi connectivity index (χ4n) is 2.28. The van der Waals surface area contributed by atoms with Crippen LogP contribution in [0.15, 0.2) is 45.8 Å². The maximum Gasteiger partial charge on any atom is 0.238 e. The molecule has 1 amide bonds. The Kier molecular flexibility index (Phi) is 4.29. The van der Waals surface area contributed by atoms with Crippen LogP contribution in [0.4, 0.5) is 5.69 Å². The van der Waals surface area contributed by atoms with Gasteiger partial charge in [-0.15, -0.1) is 11.8 Å². The average Bonchev–Trinajstić information content (AvgIpc) is 2.88. The quantitative estimate of drug-likeness (QED) is 0.786. The van der Waals surface area contributed by atoms with E-state index in [0.29, 0.717) is 10.7 Å². The number of aryl methyl sites for hydroxylation is 1. The van der Waals surface area contributed by atoms with Crippen LogP contribution in [0.1, 0.15) is 11.1 Å². The zero-order chi connectivity index (χ0) is 15.0. The van der Waals surface area contributed by atoms with E-state index in [9.17, 15) is 4.79 Å². The van der Waals surface area contributed by atoms with Crippen LogP contribution in [0.3, 0.4) is 0 Å². The van der Waals surface area contributed by atoms with E-state index >= 15 is 0 Å². The third-order valence-electron chi connectivity index (χ3n) is 3.45. The standard InChI is InChI=1S/C16H13BrClNOS/c1-9-6-11(17)13(8-12(9)18)19-16(20)15-7-10-4-2-3-5-14(10)21-15/h2-6,8,15H,7H2,1H3,(H,19,20). The highest BCUT2D eigenvalue weighted by molar-refractivity contribution is 9.10. The van der Waals surface area contributed by atoms with Crippen LogP contribution in [-0.2, 0) is 11.2 Å². The third-order valence-corrected chi connectivity index (χ3v) is 5.83. The van der Waals surface area contributed by atoms with Gasteiger partial charge in [-0.1, -0.05) is 29.8 Å². The molecule has 2 nitrogen and oxygen atoms in total. The maximum atomic E-state index is 12.4. The number of hydrogen-bond donors (Lipinski definition) is 1. The van der Waals surface area contributed by atoms with Crippen LogP contribution < -0.4 is 5.32 Å². The van der Waals surface area contributed by atoms with Gasteiger partial charge < -0.3 is 5.32 Å². The first-order valence-electron chi connectivity index (χ1n) is 6.55. The van der Waals surface area contributed by atoms with Gasteiger partial charge in [0.25, 0.3) is 0 Å². The summed E-state index contributed by atoms with van der Waals surface area (Å²) in [7, 11) is 0. The first-order chi connectivity index (χ1) is 10.0. The second-order valence-electron chi connectivity index (χ2n) is 4.99. The molecule has 108 valence electrons. The minimum absolute atomic E-state index is 0.0109. The van der Waals surface area contributed by atoms with Crippen LogP contribution in [0.2, 0.25) is 5.02 Å². The topological polar surface area (TPSA) is 29.1 Å². The molecular formula is C16H13BrClNOS. The van der Waals surface area contributed by atoms with Crippen LogP contribution in [-0.4, -0.2) is 11.2 Å². The summed E-state index contributed by atoms with van der Waals surface area (Å²) in [6.45, 7) is 1.93. The van der Waals surface area contributed by atoms with Crippen molar-refractivity contribution in [3.63, 3.8) is 0 Å². The molecule has 0 saturated carbocycles. The number of amides is 1. The Labute approximate surface area is 141 Å². The fraction of sp³-hybridized carbons (Fsp3) is 0.188. The number of carbonyl (C=O) groups excluding carboxylic acids is 1. The Hall–Kier alpha value is -0.970. The van der Waals surface area contributed by atoms with E-state index in [0.717, 1.165) is 16.5 Å². The number of hydrogen-bond acceptors (Lipinski definition) is 2. The van der Waals surface area contributed by atoms with Gasteiger partial charge in [-0.3, -0.25) is 4.79 Å². The summed E-state index contributed by atoms with van der Waals surface area (Å²) < 4.78 is 0.846. The lowest BCUT2D eigenvalue weighted by molar-refractivity contribution is -0.115. The highest BCUT2D eigenvalue weighted by atomic mass is 79.9. The van der Waals surface area contributed by atoms with E-state index in [2.05, 4.69) is 33.4 Å². The third kappa shape index (κ3) is 3.12. The number of nitrogens with one attached hydrogen (secondary N) is 1. The number of benzene rings is 2. The molecule has 0 aromatic heterocycles. The van der Waals surface area contributed by atoms with E-state index in [1.165, 1.54) is 10.5 Å². The molecular weight excluding hydrogens is 370 g/mol. The molecule has 5 heteroatoms. The molecule has 0 fully saturated rings. The Balaban J connectivity index is 1.75. The smallest absolute Gasteiger partial charge is 0.238 e. The second kappa shape index (κ2) is 6.03. The highest BCUT2D eigenvalue weighted by Crippen LogP contribution is 2.38. The van der Waals surface area contributed by atoms with Gasteiger partial charge in [-0.05, 0) is 58.6 Å². The van der Waals surface area contributed by atoms with Crippen molar-refractivity contribution in [3.8, 4) is 0 Å². The summed E-state index contributed by atoms with van der Waals surface area (Å²) >= 11 is 11.2. The predicted octanol–water partition coefficient (Wildman–Crippen LogP) is 5.07. The molecule has 21 heavy (non-hydrogen) atoms. The van der Waals surface area contributed by atoms with Crippen molar-refractivity contribution in [2.75, 3.05) is 5.32 Å². The summed E-state index contributed by atoms with van der Waals surface area (Å²) in [5.74, 6) is 0.0109. The Morgan fingerprint density at radius 1 is 1.38 bits per heavy atom. The summed E-state index contributed by atoms with van der Waals surface area (Å²) in [5, 5.41) is 3.52. The lowest BCUT2D eigenvalue weighted by atomic mass is 10.1. The van der Waals surface area contributed by atoms with Crippen molar-refractivity contribution in [1.29, 1.82) is 0 Å². The zero-order valence-electron chi connectivity index (χ0n) is 11.3. The van der Waals surface area contributed by atoms with E-state index in [1.54, 1.807) is 17.8 Å². The molecule has 0 saturated heterocycles. The molecule has 1 aliphatic heterocycles. The van der Waals surface area contributed by atoms with E-state index in [4.69, 9.17) is 11.6 Å². The Bertz CT molecular complexity index is 694. The average molecular weight is 383 g/mol. The number of rotatable bonds is 2. The molecule has 2 aromatic carbocycles. The van der Waals surface area contributed by atoms with Gasteiger partial charge in [-0.2, -0.15) is 0 Å². The van der Waals surface area contributed by atoms with Crippen LogP contribution in [0.25, 0.3) is 0 Å². The zero-order valence-corrected chi connectivity index (χ0v) is 14.5. The number of anilines is 1. The molecule has 0 aliphatic carbocycles. The number of fused-ring (bicyclic) bond motifs is 1. The fourth-order valence-corrected chi connectivity index (χ4v) is 4.20. The van der Waals surface area contributed by atoms with Gasteiger partial charge in [0.2, 0.25) is 5.91 Å². The SMILES string of the molecule is Cc1cc(Br)c(NC(=O)C2Cc3ccccc3S2)cc1Cl. The van der Waals surface area contributed by atoms with Crippen molar-refractivity contribution in [2.45, 2.75) is 23.5 Å². The number of carbonyl (C=O) groups is 1. The van der Waals surface area contributed by atoms with Gasteiger partial charge >= 0.3 is 0 Å². The van der Waals surface area contributed by atoms with Gasteiger partial charge in [-0.25, -0.2) is 0 Å². The summed E-state index contributed by atoms with van der Waals surface area (Å²) in [6, 6.07) is 11.8. The minimum Gasteiger partial charge on any atom is -0.324 e. The summed E-state index contributed by atoms with van der Waals surface area (Å²) in [4.78, 5) is 13.6. The molecule has 1 atom stereocenters. The minimum atomic E-state index is -0.0885. The van der Waals surface area contributed by atoms with Crippen molar-refractivity contribution in [3.05, 3.63) is 57.0 Å². The first-order valence-corrected chi connectivity index (χ1v) is 8.61. The summed E-state index contributed by atoms with van der Waals surface area (Å²) in [6.07, 6.45) is 0.768. The lowest BCUT2D eigenvalue weighted by Gasteiger charge is -2.12. The molecule has 0 radical (unpaired) electrons. The van der Waals surface area contributed by atoms with E-state index < -0.39 is 0 Å². The molecule has 0 spiro atoms. The highest BCUT2D eigenvalue weighted by Gasteiger charge is 2.28. The van der Waals surface area contributed by atoms with Crippen LogP contribution in [0.5, 0.6) is 0 Å². The van der Waals surface area contributed by atoms with Gasteiger partial charge in [0.1, 0.15) is 0 Å².